The summed E-state index contributed by atoms with van der Waals surface area (Å²) in [4.78, 5) is 31.2. The third-order valence-electron chi connectivity index (χ3n) is 6.23. The van der Waals surface area contributed by atoms with Gasteiger partial charge >= 0.3 is 12.1 Å². The first-order valence-corrected chi connectivity index (χ1v) is 12.7. The van der Waals surface area contributed by atoms with E-state index in [0.717, 1.165) is 13.1 Å². The fourth-order valence-electron chi connectivity index (χ4n) is 4.03. The summed E-state index contributed by atoms with van der Waals surface area (Å²) in [5, 5.41) is 3.51. The lowest BCUT2D eigenvalue weighted by atomic mass is 10.1. The Bertz CT molecular complexity index is 1560. The molecule has 0 aliphatic carbocycles. The summed E-state index contributed by atoms with van der Waals surface area (Å²) in [5.41, 5.74) is 1.22. The van der Waals surface area contributed by atoms with Crippen molar-refractivity contribution in [1.29, 1.82) is 0 Å². The number of ether oxygens (including phenoxy) is 4. The summed E-state index contributed by atoms with van der Waals surface area (Å²) in [6.07, 6.45) is -5.24. The maximum atomic E-state index is 13.1. The van der Waals surface area contributed by atoms with Crippen LogP contribution in [0.2, 0.25) is 0 Å². The molecule has 0 bridgehead atoms. The molecule has 41 heavy (non-hydrogen) atoms. The maximum absolute atomic E-state index is 13.1. The molecule has 2 aromatic heterocycles. The molecule has 4 aromatic rings. The Hall–Kier alpha value is -4.46. The minimum atomic E-state index is -5.24. The van der Waals surface area contributed by atoms with Gasteiger partial charge in [-0.25, -0.2) is 19.7 Å². The molecule has 2 aromatic carbocycles. The van der Waals surface area contributed by atoms with Crippen molar-refractivity contribution in [3.8, 4) is 23.1 Å². The molecule has 0 radical (unpaired) electrons. The van der Waals surface area contributed by atoms with Gasteiger partial charge in [-0.1, -0.05) is 13.8 Å². The molecule has 0 saturated carbocycles. The van der Waals surface area contributed by atoms with Crippen LogP contribution < -0.4 is 24.3 Å². The second-order valence-electron chi connectivity index (χ2n) is 8.78. The summed E-state index contributed by atoms with van der Waals surface area (Å²) in [6, 6.07) is 7.98. The Morgan fingerprint density at radius 3 is 2.29 bits per heavy atom. The molecule has 0 fully saturated rings. The van der Waals surface area contributed by atoms with E-state index in [2.05, 4.69) is 34.9 Å². The fraction of sp³-hybridized carbons (Fsp3) is 0.370. The van der Waals surface area contributed by atoms with Crippen molar-refractivity contribution in [2.45, 2.75) is 26.9 Å². The Morgan fingerprint density at radius 1 is 0.927 bits per heavy atom. The van der Waals surface area contributed by atoms with Gasteiger partial charge < -0.3 is 23.8 Å². The summed E-state index contributed by atoms with van der Waals surface area (Å²) in [7, 11) is 3.00. The number of alkyl halides is 3. The number of rotatable bonds is 11. The minimum Gasteiger partial charge on any atom is -0.497 e. The number of aryl methyl sites for hydroxylation is 1. The monoisotopic (exact) mass is 574 g/mol. The molecule has 0 saturated heterocycles. The number of anilines is 2. The molecule has 0 aliphatic rings. The largest absolute Gasteiger partial charge is 0.497 e. The number of methoxy groups -OCH3 is 2. The van der Waals surface area contributed by atoms with Crippen LogP contribution in [0.5, 0.6) is 23.1 Å². The van der Waals surface area contributed by atoms with E-state index in [1.54, 1.807) is 25.1 Å². The van der Waals surface area contributed by atoms with Gasteiger partial charge in [-0.3, -0.25) is 5.32 Å². The Morgan fingerprint density at radius 2 is 1.63 bits per heavy atom. The van der Waals surface area contributed by atoms with Crippen LogP contribution in [-0.4, -0.2) is 77.4 Å². The number of hydrogen-bond donors (Lipinski definition) is 1. The molecule has 1 N–H and O–H groups in total. The first kappa shape index (κ1) is 29.5. The average molecular weight is 575 g/mol. The highest BCUT2D eigenvalue weighted by atomic mass is 19.4. The number of aromatic nitrogens is 4. The van der Waals surface area contributed by atoms with Gasteiger partial charge in [0.05, 0.1) is 30.8 Å². The number of halogens is 3. The number of nitrogens with one attached hydrogen (secondary N) is 1. The number of esters is 1. The van der Waals surface area contributed by atoms with Crippen molar-refractivity contribution < 1.29 is 36.9 Å². The summed E-state index contributed by atoms with van der Waals surface area (Å²) in [5.74, 6) is -1.85. The van der Waals surface area contributed by atoms with Crippen molar-refractivity contribution in [3.63, 3.8) is 0 Å². The van der Waals surface area contributed by atoms with Gasteiger partial charge in [-0.05, 0) is 44.3 Å². The lowest BCUT2D eigenvalue weighted by Gasteiger charge is -2.18. The molecule has 0 atom stereocenters. The summed E-state index contributed by atoms with van der Waals surface area (Å²) < 4.78 is 60.4. The van der Waals surface area contributed by atoms with Crippen LogP contribution in [0.3, 0.4) is 0 Å². The quantitative estimate of drug-likeness (QED) is 0.248. The van der Waals surface area contributed by atoms with Crippen LogP contribution >= 0.6 is 0 Å². The van der Waals surface area contributed by atoms with Gasteiger partial charge in [0.15, 0.2) is 0 Å². The smallest absolute Gasteiger partial charge is 0.491 e. The van der Waals surface area contributed by atoms with E-state index in [1.165, 1.54) is 26.4 Å². The van der Waals surface area contributed by atoms with Crippen LogP contribution in [0.1, 0.15) is 19.5 Å². The van der Waals surface area contributed by atoms with E-state index in [1.807, 2.05) is 13.8 Å². The SMILES string of the molecule is CCN(CC)CCOc1ccc2nc(Nc3nc(C)c4cc(OC)cc(OC)c4n3)nc(OC(=O)C(F)(F)F)c2c1. The number of benzene rings is 2. The van der Waals surface area contributed by atoms with Crippen LogP contribution in [-0.2, 0) is 4.79 Å². The van der Waals surface area contributed by atoms with Gasteiger partial charge in [0.2, 0.25) is 17.8 Å². The Balaban J connectivity index is 1.71. The highest BCUT2D eigenvalue weighted by molar-refractivity contribution is 5.90. The van der Waals surface area contributed by atoms with Crippen molar-refractivity contribution in [3.05, 3.63) is 36.0 Å². The Kier molecular flexibility index (Phi) is 8.91. The summed E-state index contributed by atoms with van der Waals surface area (Å²) in [6.45, 7) is 8.50. The molecule has 4 rings (SSSR count). The van der Waals surface area contributed by atoms with E-state index >= 15 is 0 Å². The minimum absolute atomic E-state index is 0.0438. The first-order valence-electron chi connectivity index (χ1n) is 12.7. The average Bonchev–Trinajstić information content (AvgIpc) is 2.94. The molecule has 11 nitrogen and oxygen atoms in total. The zero-order valence-electron chi connectivity index (χ0n) is 23.1. The zero-order chi connectivity index (χ0) is 29.7. The third-order valence-corrected chi connectivity index (χ3v) is 6.23. The number of nitrogens with zero attached hydrogens (tertiary/aromatic N) is 5. The second kappa shape index (κ2) is 12.4. The third kappa shape index (κ3) is 6.82. The van der Waals surface area contributed by atoms with Crippen molar-refractivity contribution >= 4 is 39.7 Å². The molecule has 218 valence electrons. The van der Waals surface area contributed by atoms with Gasteiger partial charge in [0.1, 0.15) is 29.4 Å². The maximum Gasteiger partial charge on any atom is 0.491 e. The fourth-order valence-corrected chi connectivity index (χ4v) is 4.03. The number of carbonyl (C=O) groups is 1. The molecule has 0 amide bonds. The van der Waals surface area contributed by atoms with Crippen LogP contribution in [0.4, 0.5) is 25.1 Å². The molecule has 14 heteroatoms. The molecule has 2 heterocycles. The lowest BCUT2D eigenvalue weighted by Crippen LogP contribution is -2.28. The van der Waals surface area contributed by atoms with Gasteiger partial charge in [0.25, 0.3) is 0 Å². The van der Waals surface area contributed by atoms with Crippen LogP contribution in [0.25, 0.3) is 21.8 Å². The number of likely N-dealkylation sites (N-methyl/N-ethyl adjacent to an activating group) is 1. The number of fused-ring (bicyclic) bond motifs is 2. The molecule has 0 aliphatic heterocycles. The Labute approximate surface area is 233 Å². The normalized spacial score (nSPS) is 11.6. The van der Waals surface area contributed by atoms with Crippen molar-refractivity contribution in [1.82, 2.24) is 24.8 Å². The first-order chi connectivity index (χ1) is 19.6. The lowest BCUT2D eigenvalue weighted by molar-refractivity contribution is -0.189. The van der Waals surface area contributed by atoms with E-state index in [9.17, 15) is 18.0 Å². The number of hydrogen-bond acceptors (Lipinski definition) is 11. The van der Waals surface area contributed by atoms with Gasteiger partial charge in [0, 0.05) is 18.0 Å². The highest BCUT2D eigenvalue weighted by Crippen LogP contribution is 2.33. The standard InChI is InChI=1S/C27H29F3N6O5/c1-6-36(7-2)10-11-40-16-8-9-20-19(12-16)23(41-24(37)27(28,29)30)34-26(32-20)35-25-31-15(3)18-13-17(38-4)14-21(39-5)22(18)33-25/h8-9,12-14H,6-7,10-11H2,1-5H3,(H,31,32,33,34,35). The number of carbonyl (C=O) groups excluding carboxylic acids is 1. The van der Waals surface area contributed by atoms with Gasteiger partial charge in [-0.2, -0.15) is 18.2 Å². The topological polar surface area (TPSA) is 121 Å². The predicted octanol–water partition coefficient (Wildman–Crippen LogP) is 4.83. The summed E-state index contributed by atoms with van der Waals surface area (Å²) >= 11 is 0. The van der Waals surface area contributed by atoms with E-state index < -0.39 is 18.0 Å². The van der Waals surface area contributed by atoms with Crippen molar-refractivity contribution in [2.24, 2.45) is 0 Å². The molecular weight excluding hydrogens is 545 g/mol. The van der Waals surface area contributed by atoms with Crippen molar-refractivity contribution in [2.75, 3.05) is 45.8 Å². The molecular formula is C27H29F3N6O5. The van der Waals surface area contributed by atoms with E-state index in [4.69, 9.17) is 14.2 Å². The van der Waals surface area contributed by atoms with Crippen LogP contribution in [0.15, 0.2) is 30.3 Å². The highest BCUT2D eigenvalue weighted by Gasteiger charge is 2.42. The van der Waals surface area contributed by atoms with Crippen LogP contribution in [0, 0.1) is 6.92 Å². The molecule has 0 unspecified atom stereocenters. The van der Waals surface area contributed by atoms with E-state index in [-0.39, 0.29) is 22.8 Å². The second-order valence-corrected chi connectivity index (χ2v) is 8.78. The molecule has 0 spiro atoms. The van der Waals surface area contributed by atoms with E-state index in [0.29, 0.717) is 47.0 Å². The van der Waals surface area contributed by atoms with Gasteiger partial charge in [-0.15, -0.1) is 0 Å². The predicted molar refractivity (Wildman–Crippen MR) is 145 cm³/mol. The zero-order valence-corrected chi connectivity index (χ0v) is 23.1.